The second-order valence-corrected chi connectivity index (χ2v) is 4.87. The van der Waals surface area contributed by atoms with Crippen molar-refractivity contribution in [1.29, 1.82) is 0 Å². The van der Waals surface area contributed by atoms with Crippen LogP contribution < -0.4 is 15.4 Å². The van der Waals surface area contributed by atoms with Gasteiger partial charge in [0.1, 0.15) is 5.75 Å². The zero-order valence-electron chi connectivity index (χ0n) is 12.9. The minimum Gasteiger partial charge on any atom is -0.497 e. The molecule has 0 spiro atoms. The molecule has 0 amide bonds. The Morgan fingerprint density at radius 3 is 2.40 bits per heavy atom. The van der Waals surface area contributed by atoms with Crippen LogP contribution in [0.5, 0.6) is 5.75 Å². The predicted molar refractivity (Wildman–Crippen MR) is 85.7 cm³/mol. The molecule has 25 heavy (non-hydrogen) atoms. The lowest BCUT2D eigenvalue weighted by Gasteiger charge is -2.09. The van der Waals surface area contributed by atoms with Gasteiger partial charge >= 0.3 is 0 Å². The molecular weight excluding hydrogens is 335 g/mol. The average Bonchev–Trinajstić information content (AvgIpc) is 2.63. The van der Waals surface area contributed by atoms with E-state index in [1.165, 1.54) is 6.20 Å². The van der Waals surface area contributed by atoms with Crippen LogP contribution in [0.1, 0.15) is 0 Å². The van der Waals surface area contributed by atoms with E-state index in [1.807, 2.05) is 0 Å². The topological polar surface area (TPSA) is 72.0 Å². The van der Waals surface area contributed by atoms with Crippen LogP contribution in [-0.4, -0.2) is 22.3 Å². The third kappa shape index (κ3) is 3.77. The van der Waals surface area contributed by atoms with Gasteiger partial charge in [0.05, 0.1) is 19.0 Å². The summed E-state index contributed by atoms with van der Waals surface area (Å²) in [6.45, 7) is 0. The lowest BCUT2D eigenvalue weighted by atomic mass is 10.3. The first-order chi connectivity index (χ1) is 12.1. The van der Waals surface area contributed by atoms with Crippen molar-refractivity contribution in [3.8, 4) is 5.75 Å². The standard InChI is InChI=1S/C16H12F3N5O/c1-25-10-4-2-9(3-5-10)21-13-8-20-24-16(23-13)22-12-7-6-11(17)14(18)15(12)19/h2-8H,1H3,(H2,21,22,23,24). The van der Waals surface area contributed by atoms with Crippen LogP contribution in [0.2, 0.25) is 0 Å². The molecule has 1 heterocycles. The maximum atomic E-state index is 13.7. The zero-order valence-corrected chi connectivity index (χ0v) is 12.9. The van der Waals surface area contributed by atoms with Gasteiger partial charge < -0.3 is 15.4 Å². The molecule has 0 bridgehead atoms. The summed E-state index contributed by atoms with van der Waals surface area (Å²) in [5.41, 5.74) is 0.411. The Kier molecular flexibility index (Phi) is 4.64. The maximum absolute atomic E-state index is 13.7. The Morgan fingerprint density at radius 1 is 0.920 bits per heavy atom. The van der Waals surface area contributed by atoms with Gasteiger partial charge in [0.15, 0.2) is 23.3 Å². The molecule has 3 rings (SSSR count). The van der Waals surface area contributed by atoms with Gasteiger partial charge in [-0.25, -0.2) is 13.2 Å². The van der Waals surface area contributed by atoms with Gasteiger partial charge in [-0.15, -0.1) is 5.10 Å². The molecule has 0 aliphatic carbocycles. The highest BCUT2D eigenvalue weighted by Crippen LogP contribution is 2.23. The monoisotopic (exact) mass is 347 g/mol. The fraction of sp³-hybridized carbons (Fsp3) is 0.0625. The van der Waals surface area contributed by atoms with Crippen LogP contribution in [0, 0.1) is 17.5 Å². The second-order valence-electron chi connectivity index (χ2n) is 4.87. The van der Waals surface area contributed by atoms with E-state index in [1.54, 1.807) is 31.4 Å². The number of hydrogen-bond donors (Lipinski definition) is 2. The molecular formula is C16H12F3N5O. The van der Waals surface area contributed by atoms with E-state index >= 15 is 0 Å². The lowest BCUT2D eigenvalue weighted by Crippen LogP contribution is -2.05. The number of rotatable bonds is 5. The molecule has 0 saturated carbocycles. The molecule has 0 aliphatic heterocycles. The molecule has 0 radical (unpaired) electrons. The number of methoxy groups -OCH3 is 1. The number of benzene rings is 2. The number of anilines is 4. The fourth-order valence-electron chi connectivity index (χ4n) is 1.98. The van der Waals surface area contributed by atoms with Crippen LogP contribution in [0.3, 0.4) is 0 Å². The van der Waals surface area contributed by atoms with E-state index in [-0.39, 0.29) is 11.6 Å². The number of hydrogen-bond acceptors (Lipinski definition) is 6. The molecule has 128 valence electrons. The summed E-state index contributed by atoms with van der Waals surface area (Å²) in [6, 6.07) is 8.89. The van der Waals surface area contributed by atoms with Crippen LogP contribution in [0.25, 0.3) is 0 Å². The molecule has 1 aromatic heterocycles. The lowest BCUT2D eigenvalue weighted by molar-refractivity contribution is 0.415. The highest BCUT2D eigenvalue weighted by molar-refractivity contribution is 5.59. The first-order valence-corrected chi connectivity index (χ1v) is 7.08. The van der Waals surface area contributed by atoms with E-state index < -0.39 is 17.5 Å². The van der Waals surface area contributed by atoms with Crippen molar-refractivity contribution >= 4 is 23.1 Å². The number of halogens is 3. The van der Waals surface area contributed by atoms with Gasteiger partial charge in [-0.2, -0.15) is 10.1 Å². The quantitative estimate of drug-likeness (QED) is 0.685. The summed E-state index contributed by atoms with van der Waals surface area (Å²) >= 11 is 0. The highest BCUT2D eigenvalue weighted by Gasteiger charge is 2.14. The molecule has 0 saturated heterocycles. The molecule has 0 unspecified atom stereocenters. The Hall–Kier alpha value is -3.36. The van der Waals surface area contributed by atoms with Gasteiger partial charge in [0.2, 0.25) is 5.95 Å². The number of nitrogens with one attached hydrogen (secondary N) is 2. The van der Waals surface area contributed by atoms with Crippen LogP contribution in [0.15, 0.2) is 42.6 Å². The number of nitrogens with zero attached hydrogens (tertiary/aromatic N) is 3. The van der Waals surface area contributed by atoms with Crippen molar-refractivity contribution in [3.05, 3.63) is 60.0 Å². The fourth-order valence-corrected chi connectivity index (χ4v) is 1.98. The Labute approximate surface area is 140 Å². The van der Waals surface area contributed by atoms with Crippen molar-refractivity contribution in [3.63, 3.8) is 0 Å². The van der Waals surface area contributed by atoms with Crippen molar-refractivity contribution in [2.24, 2.45) is 0 Å². The molecule has 9 heteroatoms. The summed E-state index contributed by atoms with van der Waals surface area (Å²) in [5, 5.41) is 12.8. The summed E-state index contributed by atoms with van der Waals surface area (Å²) in [7, 11) is 1.56. The Bertz CT molecular complexity index is 889. The highest BCUT2D eigenvalue weighted by atomic mass is 19.2. The first-order valence-electron chi connectivity index (χ1n) is 7.08. The van der Waals surface area contributed by atoms with Crippen molar-refractivity contribution in [1.82, 2.24) is 15.2 Å². The van der Waals surface area contributed by atoms with Crippen molar-refractivity contribution < 1.29 is 17.9 Å². The van der Waals surface area contributed by atoms with E-state index in [0.29, 0.717) is 17.3 Å². The van der Waals surface area contributed by atoms with Gasteiger partial charge in [-0.3, -0.25) is 0 Å². The molecule has 2 aromatic carbocycles. The van der Waals surface area contributed by atoms with E-state index in [4.69, 9.17) is 4.74 Å². The predicted octanol–water partition coefficient (Wildman–Crippen LogP) is 3.78. The Morgan fingerprint density at radius 2 is 1.68 bits per heavy atom. The third-order valence-electron chi connectivity index (χ3n) is 3.20. The summed E-state index contributed by atoms with van der Waals surface area (Å²) in [5.74, 6) is -3.28. The molecule has 0 atom stereocenters. The van der Waals surface area contributed by atoms with E-state index in [9.17, 15) is 13.2 Å². The smallest absolute Gasteiger partial charge is 0.249 e. The average molecular weight is 347 g/mol. The minimum absolute atomic E-state index is 0.0802. The first kappa shape index (κ1) is 16.5. The largest absolute Gasteiger partial charge is 0.497 e. The Balaban J connectivity index is 1.78. The third-order valence-corrected chi connectivity index (χ3v) is 3.20. The van der Waals surface area contributed by atoms with Gasteiger partial charge in [0.25, 0.3) is 0 Å². The van der Waals surface area contributed by atoms with Crippen LogP contribution in [-0.2, 0) is 0 Å². The molecule has 3 aromatic rings. The summed E-state index contributed by atoms with van der Waals surface area (Å²) in [4.78, 5) is 4.09. The molecule has 0 aliphatic rings. The molecule has 0 fully saturated rings. The zero-order chi connectivity index (χ0) is 17.8. The molecule has 2 N–H and O–H groups in total. The normalized spacial score (nSPS) is 10.4. The SMILES string of the molecule is COc1ccc(Nc2cnnc(Nc3ccc(F)c(F)c3F)n2)cc1. The van der Waals surface area contributed by atoms with E-state index in [0.717, 1.165) is 12.1 Å². The summed E-state index contributed by atoms with van der Waals surface area (Å²) in [6.07, 6.45) is 1.36. The number of aromatic nitrogens is 3. The van der Waals surface area contributed by atoms with Crippen molar-refractivity contribution in [2.75, 3.05) is 17.7 Å². The minimum atomic E-state index is -1.58. The second kappa shape index (κ2) is 7.04. The van der Waals surface area contributed by atoms with Gasteiger partial charge in [-0.05, 0) is 36.4 Å². The maximum Gasteiger partial charge on any atom is 0.249 e. The summed E-state index contributed by atoms with van der Waals surface area (Å²) < 4.78 is 45.0. The van der Waals surface area contributed by atoms with Crippen LogP contribution in [0.4, 0.5) is 36.3 Å². The van der Waals surface area contributed by atoms with Crippen molar-refractivity contribution in [2.45, 2.75) is 0 Å². The molecule has 6 nitrogen and oxygen atoms in total. The van der Waals surface area contributed by atoms with E-state index in [2.05, 4.69) is 25.8 Å². The van der Waals surface area contributed by atoms with Gasteiger partial charge in [-0.1, -0.05) is 0 Å². The van der Waals surface area contributed by atoms with Crippen LogP contribution >= 0.6 is 0 Å². The number of ether oxygens (including phenoxy) is 1. The van der Waals surface area contributed by atoms with Gasteiger partial charge in [0, 0.05) is 5.69 Å².